The summed E-state index contributed by atoms with van der Waals surface area (Å²) in [6.45, 7) is 2.06. The molecule has 1 aromatic carbocycles. The molecule has 18 heavy (non-hydrogen) atoms. The Morgan fingerprint density at radius 3 is 2.94 bits per heavy atom. The van der Waals surface area contributed by atoms with Crippen LogP contribution >= 0.6 is 28.1 Å². The Labute approximate surface area is 118 Å². The summed E-state index contributed by atoms with van der Waals surface area (Å²) < 4.78 is 3.68. The van der Waals surface area contributed by atoms with Gasteiger partial charge in [-0.05, 0) is 55.0 Å². The maximum atomic E-state index is 5.38. The molecule has 3 nitrogen and oxygen atoms in total. The fourth-order valence-corrected chi connectivity index (χ4v) is 2.80. The van der Waals surface area contributed by atoms with Gasteiger partial charge in [-0.25, -0.2) is 4.98 Å². The Morgan fingerprint density at radius 1 is 1.33 bits per heavy atom. The number of rotatable bonds is 1. The quantitative estimate of drug-likeness (QED) is 0.683. The Morgan fingerprint density at radius 2 is 2.17 bits per heavy atom. The normalized spacial score (nSPS) is 11.0. The molecule has 0 aliphatic rings. The molecule has 0 fully saturated rings. The predicted molar refractivity (Wildman–Crippen MR) is 78.7 cm³/mol. The second-order valence-electron chi connectivity index (χ2n) is 4.07. The number of fused-ring (bicyclic) bond motifs is 1. The molecule has 2 aromatic heterocycles. The molecule has 90 valence electrons. The van der Waals surface area contributed by atoms with Crippen molar-refractivity contribution in [3.05, 3.63) is 51.3 Å². The molecule has 0 unspecified atom stereocenters. The van der Waals surface area contributed by atoms with Crippen LogP contribution in [0, 0.1) is 11.7 Å². The number of pyridine rings is 1. The van der Waals surface area contributed by atoms with E-state index in [9.17, 15) is 0 Å². The number of nitrogens with one attached hydrogen (secondary N) is 1. The molecule has 0 atom stereocenters. The minimum Gasteiger partial charge on any atom is -0.329 e. The van der Waals surface area contributed by atoms with E-state index in [-0.39, 0.29) is 0 Å². The first kappa shape index (κ1) is 11.6. The molecule has 3 aromatic rings. The molecule has 0 aliphatic heterocycles. The van der Waals surface area contributed by atoms with Crippen molar-refractivity contribution in [2.75, 3.05) is 0 Å². The minimum atomic E-state index is 0.661. The minimum absolute atomic E-state index is 0.661. The van der Waals surface area contributed by atoms with Gasteiger partial charge in [0.1, 0.15) is 0 Å². The molecule has 0 aliphatic carbocycles. The Kier molecular flexibility index (Phi) is 2.80. The van der Waals surface area contributed by atoms with Crippen LogP contribution in [0.25, 0.3) is 16.9 Å². The third-order valence-electron chi connectivity index (χ3n) is 2.84. The van der Waals surface area contributed by atoms with E-state index in [4.69, 9.17) is 12.2 Å². The molecule has 0 radical (unpaired) electrons. The number of nitrogens with zero attached hydrogens (tertiary/aromatic N) is 2. The zero-order valence-electron chi connectivity index (χ0n) is 9.64. The lowest BCUT2D eigenvalue weighted by Crippen LogP contribution is -1.98. The molecular weight excluding hydrogens is 310 g/mol. The number of aromatic amines is 1. The van der Waals surface area contributed by atoms with Crippen molar-refractivity contribution in [1.29, 1.82) is 0 Å². The molecule has 5 heteroatoms. The van der Waals surface area contributed by atoms with Gasteiger partial charge in [0.05, 0.1) is 11.2 Å². The summed E-state index contributed by atoms with van der Waals surface area (Å²) in [5.41, 5.74) is 4.00. The van der Waals surface area contributed by atoms with Crippen LogP contribution in [0.3, 0.4) is 0 Å². The fourth-order valence-electron chi connectivity index (χ4n) is 2.03. The Bertz CT molecular complexity index is 788. The van der Waals surface area contributed by atoms with Crippen molar-refractivity contribution < 1.29 is 0 Å². The van der Waals surface area contributed by atoms with E-state index in [1.807, 2.05) is 28.8 Å². The van der Waals surface area contributed by atoms with Gasteiger partial charge < -0.3 is 4.98 Å². The topological polar surface area (TPSA) is 33.6 Å². The van der Waals surface area contributed by atoms with Gasteiger partial charge in [-0.2, -0.15) is 0 Å². The summed E-state index contributed by atoms with van der Waals surface area (Å²) in [6, 6.07) is 9.98. The van der Waals surface area contributed by atoms with E-state index in [1.54, 1.807) is 6.20 Å². The van der Waals surface area contributed by atoms with E-state index in [1.165, 1.54) is 0 Å². The molecule has 0 saturated heterocycles. The van der Waals surface area contributed by atoms with Crippen LogP contribution in [0.4, 0.5) is 0 Å². The number of halogens is 1. The van der Waals surface area contributed by atoms with Crippen LogP contribution in [0.5, 0.6) is 0 Å². The summed E-state index contributed by atoms with van der Waals surface area (Å²) in [5, 5.41) is 0. The van der Waals surface area contributed by atoms with E-state index >= 15 is 0 Å². The number of hydrogen-bond acceptors (Lipinski definition) is 2. The highest BCUT2D eigenvalue weighted by molar-refractivity contribution is 9.10. The second kappa shape index (κ2) is 4.33. The molecule has 1 N–H and O–H groups in total. The van der Waals surface area contributed by atoms with E-state index in [2.05, 4.69) is 38.9 Å². The van der Waals surface area contributed by atoms with E-state index < -0.39 is 0 Å². The van der Waals surface area contributed by atoms with Gasteiger partial charge in [0.15, 0.2) is 10.4 Å². The molecule has 0 bridgehead atoms. The molecule has 0 saturated carbocycles. The van der Waals surface area contributed by atoms with Gasteiger partial charge in [-0.1, -0.05) is 15.9 Å². The summed E-state index contributed by atoms with van der Waals surface area (Å²) in [4.78, 5) is 7.57. The van der Waals surface area contributed by atoms with Crippen LogP contribution in [-0.2, 0) is 0 Å². The van der Waals surface area contributed by atoms with Gasteiger partial charge in [0.2, 0.25) is 0 Å². The standard InChI is InChI=1S/C13H10BrN3S/c1-8-7-9(14)4-5-11(8)17-12-10(16-13(17)18)3-2-6-15-12/h2-7H,1H3,(H,16,18). The smallest absolute Gasteiger partial charge is 0.184 e. The molecule has 0 spiro atoms. The first-order chi connectivity index (χ1) is 8.66. The lowest BCUT2D eigenvalue weighted by atomic mass is 10.2. The lowest BCUT2D eigenvalue weighted by Gasteiger charge is -2.08. The number of imidazole rings is 1. The maximum absolute atomic E-state index is 5.38. The van der Waals surface area contributed by atoms with Crippen LogP contribution < -0.4 is 0 Å². The largest absolute Gasteiger partial charge is 0.329 e. The summed E-state index contributed by atoms with van der Waals surface area (Å²) in [7, 11) is 0. The van der Waals surface area contributed by atoms with Crippen molar-refractivity contribution >= 4 is 39.3 Å². The predicted octanol–water partition coefficient (Wildman–Crippen LogP) is 4.15. The zero-order valence-corrected chi connectivity index (χ0v) is 12.0. The number of aromatic nitrogens is 3. The van der Waals surface area contributed by atoms with Gasteiger partial charge in [-0.15, -0.1) is 0 Å². The van der Waals surface area contributed by atoms with Crippen LogP contribution in [0.2, 0.25) is 0 Å². The van der Waals surface area contributed by atoms with Crippen molar-refractivity contribution in [2.45, 2.75) is 6.92 Å². The molecule has 2 heterocycles. The van der Waals surface area contributed by atoms with Crippen molar-refractivity contribution in [3.8, 4) is 5.69 Å². The maximum Gasteiger partial charge on any atom is 0.184 e. The molecular formula is C13H10BrN3S. The first-order valence-electron chi connectivity index (χ1n) is 5.49. The molecule has 3 rings (SSSR count). The summed E-state index contributed by atoms with van der Waals surface area (Å²) >= 11 is 8.85. The van der Waals surface area contributed by atoms with Gasteiger partial charge in [0, 0.05) is 10.7 Å². The van der Waals surface area contributed by atoms with Crippen LogP contribution in [0.1, 0.15) is 5.56 Å². The monoisotopic (exact) mass is 319 g/mol. The SMILES string of the molecule is Cc1cc(Br)ccc1-n1c(=S)[nH]c2cccnc21. The average Bonchev–Trinajstić information content (AvgIpc) is 2.66. The van der Waals surface area contributed by atoms with Crippen molar-refractivity contribution in [1.82, 2.24) is 14.5 Å². The van der Waals surface area contributed by atoms with Crippen LogP contribution in [0.15, 0.2) is 41.0 Å². The lowest BCUT2D eigenvalue weighted by molar-refractivity contribution is 1.03. The number of benzene rings is 1. The Balaban J connectivity index is 2.38. The Hall–Kier alpha value is -1.46. The first-order valence-corrected chi connectivity index (χ1v) is 6.69. The summed E-state index contributed by atoms with van der Waals surface area (Å²) in [5.74, 6) is 0. The third kappa shape index (κ3) is 1.79. The van der Waals surface area contributed by atoms with Crippen molar-refractivity contribution in [3.63, 3.8) is 0 Å². The van der Waals surface area contributed by atoms with Gasteiger partial charge in [0.25, 0.3) is 0 Å². The highest BCUT2D eigenvalue weighted by atomic mass is 79.9. The van der Waals surface area contributed by atoms with Crippen molar-refractivity contribution in [2.24, 2.45) is 0 Å². The zero-order chi connectivity index (χ0) is 12.7. The third-order valence-corrected chi connectivity index (χ3v) is 3.62. The van der Waals surface area contributed by atoms with Gasteiger partial charge in [-0.3, -0.25) is 4.57 Å². The molecule has 0 amide bonds. The fraction of sp³-hybridized carbons (Fsp3) is 0.0769. The number of hydrogen-bond donors (Lipinski definition) is 1. The van der Waals surface area contributed by atoms with Crippen LogP contribution in [-0.4, -0.2) is 14.5 Å². The average molecular weight is 320 g/mol. The second-order valence-corrected chi connectivity index (χ2v) is 5.37. The van der Waals surface area contributed by atoms with Gasteiger partial charge >= 0.3 is 0 Å². The number of aryl methyl sites for hydroxylation is 1. The van der Waals surface area contributed by atoms with E-state index in [0.717, 1.165) is 26.9 Å². The highest BCUT2D eigenvalue weighted by Crippen LogP contribution is 2.23. The number of H-pyrrole nitrogens is 1. The highest BCUT2D eigenvalue weighted by Gasteiger charge is 2.09. The van der Waals surface area contributed by atoms with E-state index in [0.29, 0.717) is 4.77 Å². The summed E-state index contributed by atoms with van der Waals surface area (Å²) in [6.07, 6.45) is 1.77.